The molecule has 0 amide bonds. The molecule has 1 heterocycles. The maximum Gasteiger partial charge on any atom is 0.327 e. The van der Waals surface area contributed by atoms with Gasteiger partial charge in [0.05, 0.1) is 12.5 Å². The first-order valence-corrected chi connectivity index (χ1v) is 5.17. The van der Waals surface area contributed by atoms with Crippen LogP contribution in [0.25, 0.3) is 0 Å². The van der Waals surface area contributed by atoms with Gasteiger partial charge in [-0.3, -0.25) is 4.90 Å². The molecule has 5 heteroatoms. The maximum absolute atomic E-state index is 13.6. The van der Waals surface area contributed by atoms with Crippen LogP contribution in [0.1, 0.15) is 20.8 Å². The molecular formula is C11H17F2NO2. The number of hydrogen-bond acceptors (Lipinski definition) is 2. The van der Waals surface area contributed by atoms with Crippen molar-refractivity contribution in [2.24, 2.45) is 5.92 Å². The highest BCUT2D eigenvalue weighted by atomic mass is 19.3. The fourth-order valence-corrected chi connectivity index (χ4v) is 1.72. The Kier molecular flexibility index (Phi) is 3.38. The first-order valence-electron chi connectivity index (χ1n) is 5.17. The minimum atomic E-state index is -2.85. The van der Waals surface area contributed by atoms with E-state index in [2.05, 4.69) is 0 Å². The molecule has 0 aliphatic carbocycles. The number of carbonyl (C=O) groups is 1. The normalized spacial score (nSPS) is 26.4. The molecule has 3 nitrogen and oxygen atoms in total. The molecule has 0 bridgehead atoms. The van der Waals surface area contributed by atoms with E-state index in [4.69, 9.17) is 5.11 Å². The van der Waals surface area contributed by atoms with Gasteiger partial charge in [0.15, 0.2) is 0 Å². The van der Waals surface area contributed by atoms with Gasteiger partial charge in [0.25, 0.3) is 5.92 Å². The van der Waals surface area contributed by atoms with Gasteiger partial charge in [-0.25, -0.2) is 13.6 Å². The van der Waals surface area contributed by atoms with Crippen LogP contribution in [0.3, 0.4) is 0 Å². The Hall–Kier alpha value is -0.970. The standard InChI is InChI=1S/C11H17F2NO2/c1-10(2,3)14-6-8(4-5-9(15)16)11(12,13)7-14/h4-5,8H,6-7H2,1-3H3,(H,15,16)/b5-4+. The Bertz CT molecular complexity index is 308. The Labute approximate surface area is 93.7 Å². The van der Waals surface area contributed by atoms with E-state index >= 15 is 0 Å². The molecule has 1 aliphatic heterocycles. The fourth-order valence-electron chi connectivity index (χ4n) is 1.72. The number of carboxylic acids is 1. The molecule has 1 fully saturated rings. The van der Waals surface area contributed by atoms with E-state index in [0.717, 1.165) is 12.2 Å². The number of aliphatic carboxylic acids is 1. The second-order valence-electron chi connectivity index (χ2n) is 5.12. The molecule has 0 saturated carbocycles. The van der Waals surface area contributed by atoms with Gasteiger partial charge in [-0.15, -0.1) is 0 Å². The van der Waals surface area contributed by atoms with Gasteiger partial charge >= 0.3 is 5.97 Å². The molecule has 1 N–H and O–H groups in total. The van der Waals surface area contributed by atoms with Crippen molar-refractivity contribution >= 4 is 5.97 Å². The van der Waals surface area contributed by atoms with Crippen LogP contribution >= 0.6 is 0 Å². The highest BCUT2D eigenvalue weighted by Gasteiger charge is 2.49. The zero-order valence-electron chi connectivity index (χ0n) is 9.70. The van der Waals surface area contributed by atoms with Gasteiger partial charge in [-0.05, 0) is 20.8 Å². The van der Waals surface area contributed by atoms with Crippen molar-refractivity contribution in [2.45, 2.75) is 32.2 Å². The van der Waals surface area contributed by atoms with Crippen molar-refractivity contribution in [1.82, 2.24) is 4.90 Å². The summed E-state index contributed by atoms with van der Waals surface area (Å²) in [5.74, 6) is -5.05. The van der Waals surface area contributed by atoms with Gasteiger partial charge in [0, 0.05) is 18.2 Å². The lowest BCUT2D eigenvalue weighted by Gasteiger charge is -2.31. The number of halogens is 2. The van der Waals surface area contributed by atoms with Crippen molar-refractivity contribution in [2.75, 3.05) is 13.1 Å². The molecule has 1 aliphatic rings. The summed E-state index contributed by atoms with van der Waals surface area (Å²) in [6.45, 7) is 5.48. The Morgan fingerprint density at radius 3 is 2.44 bits per heavy atom. The average Bonchev–Trinajstić information content (AvgIpc) is 2.36. The van der Waals surface area contributed by atoms with Crippen LogP contribution in [0, 0.1) is 5.92 Å². The first-order chi connectivity index (χ1) is 7.13. The summed E-state index contributed by atoms with van der Waals surface area (Å²) < 4.78 is 27.1. The average molecular weight is 233 g/mol. The molecular weight excluding hydrogens is 216 g/mol. The summed E-state index contributed by atoms with van der Waals surface area (Å²) in [6, 6.07) is 0. The molecule has 1 saturated heterocycles. The van der Waals surface area contributed by atoms with E-state index in [9.17, 15) is 13.6 Å². The molecule has 92 valence electrons. The molecule has 1 rings (SSSR count). The first kappa shape index (κ1) is 13.1. The minimum absolute atomic E-state index is 0.195. The largest absolute Gasteiger partial charge is 0.478 e. The zero-order chi connectivity index (χ0) is 12.6. The predicted octanol–water partition coefficient (Wildman–Crippen LogP) is 1.99. The fraction of sp³-hybridized carbons (Fsp3) is 0.727. The monoisotopic (exact) mass is 233 g/mol. The maximum atomic E-state index is 13.6. The number of likely N-dealkylation sites (tertiary alicyclic amines) is 1. The minimum Gasteiger partial charge on any atom is -0.478 e. The Morgan fingerprint density at radius 2 is 2.06 bits per heavy atom. The topological polar surface area (TPSA) is 40.5 Å². The van der Waals surface area contributed by atoms with Crippen LogP contribution in [0.2, 0.25) is 0 Å². The van der Waals surface area contributed by atoms with Crippen molar-refractivity contribution in [3.63, 3.8) is 0 Å². The lowest BCUT2D eigenvalue weighted by atomic mass is 10.0. The van der Waals surface area contributed by atoms with Crippen LogP contribution in [0.5, 0.6) is 0 Å². The number of nitrogens with zero attached hydrogens (tertiary/aromatic N) is 1. The Morgan fingerprint density at radius 1 is 1.50 bits per heavy atom. The number of rotatable bonds is 2. The molecule has 1 unspecified atom stereocenters. The van der Waals surface area contributed by atoms with Crippen molar-refractivity contribution in [1.29, 1.82) is 0 Å². The van der Waals surface area contributed by atoms with Crippen molar-refractivity contribution < 1.29 is 18.7 Å². The molecule has 0 aromatic carbocycles. The van der Waals surface area contributed by atoms with Gasteiger partial charge in [-0.1, -0.05) is 6.08 Å². The smallest absolute Gasteiger partial charge is 0.327 e. The summed E-state index contributed by atoms with van der Waals surface area (Å²) in [7, 11) is 0. The van der Waals surface area contributed by atoms with Crippen molar-refractivity contribution in [3.05, 3.63) is 12.2 Å². The number of carboxylic acid groups (broad SMARTS) is 1. The van der Waals surface area contributed by atoms with E-state index in [1.54, 1.807) is 4.90 Å². The Balaban J connectivity index is 2.77. The second-order valence-corrected chi connectivity index (χ2v) is 5.12. The summed E-state index contributed by atoms with van der Waals surface area (Å²) in [6.07, 6.45) is 1.89. The third-order valence-electron chi connectivity index (χ3n) is 2.78. The predicted molar refractivity (Wildman–Crippen MR) is 56.5 cm³/mol. The zero-order valence-corrected chi connectivity index (χ0v) is 9.70. The molecule has 0 spiro atoms. The molecule has 1 atom stereocenters. The van der Waals surface area contributed by atoms with Crippen molar-refractivity contribution in [3.8, 4) is 0 Å². The SMILES string of the molecule is CC(C)(C)N1CC(/C=C/C(=O)O)C(F)(F)C1. The lowest BCUT2D eigenvalue weighted by molar-refractivity contribution is -0.131. The van der Waals surface area contributed by atoms with E-state index in [1.807, 2.05) is 20.8 Å². The summed E-state index contributed by atoms with van der Waals surface area (Å²) in [5, 5.41) is 8.42. The van der Waals surface area contributed by atoms with Crippen LogP contribution in [-0.2, 0) is 4.79 Å². The van der Waals surface area contributed by atoms with E-state index in [-0.39, 0.29) is 18.6 Å². The lowest BCUT2D eigenvalue weighted by Crippen LogP contribution is -2.40. The molecule has 0 radical (unpaired) electrons. The summed E-state index contributed by atoms with van der Waals surface area (Å²) >= 11 is 0. The van der Waals surface area contributed by atoms with Crippen LogP contribution in [-0.4, -0.2) is 40.5 Å². The highest BCUT2D eigenvalue weighted by Crippen LogP contribution is 2.37. The molecule has 0 aromatic rings. The summed E-state index contributed by atoms with van der Waals surface area (Å²) in [5.41, 5.74) is -0.324. The van der Waals surface area contributed by atoms with Gasteiger partial charge in [0.2, 0.25) is 0 Å². The van der Waals surface area contributed by atoms with Crippen LogP contribution in [0.15, 0.2) is 12.2 Å². The number of hydrogen-bond donors (Lipinski definition) is 1. The van der Waals surface area contributed by atoms with Gasteiger partial charge in [-0.2, -0.15) is 0 Å². The van der Waals surface area contributed by atoms with Crippen LogP contribution < -0.4 is 0 Å². The highest BCUT2D eigenvalue weighted by molar-refractivity contribution is 5.79. The third kappa shape index (κ3) is 3.01. The second kappa shape index (κ2) is 4.13. The van der Waals surface area contributed by atoms with E-state index in [1.165, 1.54) is 0 Å². The number of alkyl halides is 2. The van der Waals surface area contributed by atoms with Crippen LogP contribution in [0.4, 0.5) is 8.78 Å². The van der Waals surface area contributed by atoms with E-state index in [0.29, 0.717) is 0 Å². The third-order valence-corrected chi connectivity index (χ3v) is 2.78. The van der Waals surface area contributed by atoms with Gasteiger partial charge in [0.1, 0.15) is 0 Å². The van der Waals surface area contributed by atoms with E-state index < -0.39 is 17.8 Å². The van der Waals surface area contributed by atoms with Gasteiger partial charge < -0.3 is 5.11 Å². The molecule has 16 heavy (non-hydrogen) atoms. The molecule has 0 aromatic heterocycles. The summed E-state index contributed by atoms with van der Waals surface area (Å²) in [4.78, 5) is 12.0. The quantitative estimate of drug-likeness (QED) is 0.741.